The maximum absolute atomic E-state index is 14.1. The fourth-order valence-electron chi connectivity index (χ4n) is 7.91. The fraction of sp³-hybridized carbons (Fsp3) is 0.641. The standard InChI is InChI=1S/C39H56ClN5O10/c1-22-11-9-15-29(52-6)38(50)21-28(53-37(49)43-38)23(2)34-39(42,55-34)30(20-32(47)44(3)26-18-25(17-22)19-27(51-5)33(26)40)54-36(48)35(41)45(4)31(46)16-10-14-24-12-7-8-13-24/h9,11,15,18-19,23-24,28-30,34-35,50H,7-8,10,12-14,16-17,20-21,41-42H2,1-6H3,(H,43,49)/b15-9+,22-11+/t23-,28+,29-,30+,34+,35-,38+,39+/m1/s1. The van der Waals surface area contributed by atoms with Crippen molar-refractivity contribution in [1.82, 2.24) is 10.2 Å². The summed E-state index contributed by atoms with van der Waals surface area (Å²) in [5, 5.41) is 14.4. The third kappa shape index (κ3) is 9.63. The van der Waals surface area contributed by atoms with Gasteiger partial charge in [0, 0.05) is 40.0 Å². The first-order valence-electron chi connectivity index (χ1n) is 18.9. The van der Waals surface area contributed by atoms with E-state index < -0.39 is 72.3 Å². The van der Waals surface area contributed by atoms with E-state index in [9.17, 15) is 24.3 Å². The van der Waals surface area contributed by atoms with Crippen LogP contribution in [0.5, 0.6) is 5.75 Å². The second-order valence-electron chi connectivity index (χ2n) is 15.4. The fourth-order valence-corrected chi connectivity index (χ4v) is 8.23. The third-order valence-electron chi connectivity index (χ3n) is 11.4. The van der Waals surface area contributed by atoms with Crippen LogP contribution in [0.15, 0.2) is 35.9 Å². The highest BCUT2D eigenvalue weighted by molar-refractivity contribution is 6.35. The summed E-state index contributed by atoms with van der Waals surface area (Å²) in [6, 6.07) is 3.53. The van der Waals surface area contributed by atoms with Crippen LogP contribution in [0.4, 0.5) is 10.5 Å². The summed E-state index contributed by atoms with van der Waals surface area (Å²) >= 11 is 6.74. The Morgan fingerprint density at radius 3 is 2.60 bits per heavy atom. The molecule has 0 spiro atoms. The maximum Gasteiger partial charge on any atom is 0.409 e. The summed E-state index contributed by atoms with van der Waals surface area (Å²) in [5.74, 6) is -1.55. The average molecular weight is 790 g/mol. The number of aliphatic hydroxyl groups is 1. The number of ether oxygens (including phenoxy) is 5. The number of anilines is 1. The van der Waals surface area contributed by atoms with E-state index in [1.807, 2.05) is 13.0 Å². The highest BCUT2D eigenvalue weighted by atomic mass is 35.5. The number of nitrogens with zero attached hydrogens (tertiary/aromatic N) is 2. The van der Waals surface area contributed by atoms with E-state index in [2.05, 4.69) is 5.32 Å². The minimum Gasteiger partial charge on any atom is -0.495 e. The van der Waals surface area contributed by atoms with Crippen molar-refractivity contribution >= 4 is 41.2 Å². The van der Waals surface area contributed by atoms with Gasteiger partial charge >= 0.3 is 12.1 Å². The molecule has 304 valence electrons. The van der Waals surface area contributed by atoms with Gasteiger partial charge in [0.05, 0.1) is 19.2 Å². The first kappa shape index (κ1) is 42.4. The first-order valence-corrected chi connectivity index (χ1v) is 19.3. The van der Waals surface area contributed by atoms with Gasteiger partial charge in [0.25, 0.3) is 0 Å². The van der Waals surface area contributed by atoms with Gasteiger partial charge in [-0.3, -0.25) is 20.6 Å². The van der Waals surface area contributed by atoms with E-state index in [0.29, 0.717) is 30.2 Å². The van der Waals surface area contributed by atoms with Gasteiger partial charge in [0.1, 0.15) is 29.1 Å². The van der Waals surface area contributed by atoms with Crippen molar-refractivity contribution in [2.45, 2.75) is 120 Å². The van der Waals surface area contributed by atoms with Crippen LogP contribution < -0.4 is 26.4 Å². The highest BCUT2D eigenvalue weighted by Crippen LogP contribution is 2.46. The minimum absolute atomic E-state index is 0.115. The number of amides is 3. The zero-order valence-corrected chi connectivity index (χ0v) is 33.3. The first-order chi connectivity index (χ1) is 26.0. The van der Waals surface area contributed by atoms with Crippen molar-refractivity contribution in [3.63, 3.8) is 0 Å². The third-order valence-corrected chi connectivity index (χ3v) is 11.8. The van der Waals surface area contributed by atoms with E-state index in [1.54, 1.807) is 31.2 Å². The second-order valence-corrected chi connectivity index (χ2v) is 15.8. The van der Waals surface area contributed by atoms with E-state index in [1.165, 1.54) is 58.9 Å². The summed E-state index contributed by atoms with van der Waals surface area (Å²) < 4.78 is 28.7. The Morgan fingerprint density at radius 2 is 1.93 bits per heavy atom. The predicted molar refractivity (Wildman–Crippen MR) is 204 cm³/mol. The molecule has 4 aliphatic rings. The number of allylic oxidation sites excluding steroid dienone is 3. The molecular weight excluding hydrogens is 734 g/mol. The summed E-state index contributed by atoms with van der Waals surface area (Å²) in [5.41, 5.74) is 11.5. The Morgan fingerprint density at radius 1 is 1.22 bits per heavy atom. The molecule has 4 bridgehead atoms. The van der Waals surface area contributed by atoms with Crippen LogP contribution in [0.2, 0.25) is 5.02 Å². The van der Waals surface area contributed by atoms with Crippen molar-refractivity contribution < 1.29 is 48.0 Å². The smallest absolute Gasteiger partial charge is 0.409 e. The largest absolute Gasteiger partial charge is 0.495 e. The molecule has 0 radical (unpaired) electrons. The molecule has 3 fully saturated rings. The predicted octanol–water partition coefficient (Wildman–Crippen LogP) is 3.67. The number of nitrogens with one attached hydrogen (secondary N) is 1. The second kappa shape index (κ2) is 17.6. The van der Waals surface area contributed by atoms with Crippen LogP contribution in [-0.4, -0.2) is 104 Å². The molecule has 16 heteroatoms. The number of likely N-dealkylation sites (N-methyl/N-ethyl adjacent to an activating group) is 1. The average Bonchev–Trinajstić information content (AvgIpc) is 3.56. The van der Waals surface area contributed by atoms with Crippen LogP contribution in [0.25, 0.3) is 0 Å². The van der Waals surface area contributed by atoms with E-state index in [-0.39, 0.29) is 23.8 Å². The number of alkyl carbamates (subject to hydrolysis) is 1. The summed E-state index contributed by atoms with van der Waals surface area (Å²) in [7, 11) is 5.84. The number of carbonyl (C=O) groups excluding carboxylic acids is 4. The van der Waals surface area contributed by atoms with Crippen LogP contribution in [0, 0.1) is 11.8 Å². The van der Waals surface area contributed by atoms with Crippen molar-refractivity contribution in [2.75, 3.05) is 33.2 Å². The van der Waals surface area contributed by atoms with Crippen molar-refractivity contribution in [2.24, 2.45) is 23.3 Å². The molecule has 0 unspecified atom stereocenters. The molecule has 55 heavy (non-hydrogen) atoms. The molecule has 6 N–H and O–H groups in total. The topological polar surface area (TPSA) is 209 Å². The molecule has 5 rings (SSSR count). The number of esters is 1. The summed E-state index contributed by atoms with van der Waals surface area (Å²) in [6.07, 6.45) is 5.03. The Balaban J connectivity index is 1.45. The van der Waals surface area contributed by atoms with E-state index >= 15 is 0 Å². The Kier molecular flexibility index (Phi) is 13.6. The van der Waals surface area contributed by atoms with Crippen molar-refractivity contribution in [3.05, 3.63) is 46.5 Å². The molecule has 3 aliphatic heterocycles. The molecule has 15 nitrogen and oxygen atoms in total. The van der Waals surface area contributed by atoms with Gasteiger partial charge in [0.15, 0.2) is 23.7 Å². The monoisotopic (exact) mass is 789 g/mol. The number of rotatable bonds is 9. The molecule has 1 aliphatic carbocycles. The van der Waals surface area contributed by atoms with Crippen molar-refractivity contribution in [3.8, 4) is 5.75 Å². The molecular formula is C39H56ClN5O10. The molecule has 1 aromatic rings. The Labute approximate surface area is 327 Å². The maximum atomic E-state index is 14.1. The van der Waals surface area contributed by atoms with E-state index in [4.69, 9.17) is 46.8 Å². The van der Waals surface area contributed by atoms with Crippen LogP contribution in [0.3, 0.4) is 0 Å². The molecule has 2 saturated heterocycles. The van der Waals surface area contributed by atoms with Gasteiger partial charge in [-0.1, -0.05) is 68.0 Å². The van der Waals surface area contributed by atoms with Gasteiger partial charge in [-0.2, -0.15) is 0 Å². The molecule has 3 amide bonds. The van der Waals surface area contributed by atoms with Crippen molar-refractivity contribution in [1.29, 1.82) is 0 Å². The number of halogens is 1. The molecule has 8 atom stereocenters. The lowest BCUT2D eigenvalue weighted by atomic mass is 9.86. The van der Waals surface area contributed by atoms with Crippen LogP contribution in [0.1, 0.15) is 77.2 Å². The number of carbonyl (C=O) groups is 4. The normalized spacial score (nSPS) is 32.3. The minimum atomic E-state index is -1.87. The number of epoxide rings is 1. The van der Waals surface area contributed by atoms with Gasteiger partial charge in [0.2, 0.25) is 11.8 Å². The van der Waals surface area contributed by atoms with Gasteiger partial charge in [-0.05, 0) is 49.8 Å². The lowest BCUT2D eigenvalue weighted by Crippen LogP contribution is -2.63. The number of hydrogen-bond acceptors (Lipinski definition) is 12. The Bertz CT molecular complexity index is 1670. The van der Waals surface area contributed by atoms with Crippen LogP contribution in [-0.2, 0) is 39.8 Å². The summed E-state index contributed by atoms with van der Waals surface area (Å²) in [6.45, 7) is 3.62. The molecule has 3 heterocycles. The highest BCUT2D eigenvalue weighted by Gasteiger charge is 2.65. The van der Waals surface area contributed by atoms with Gasteiger partial charge in [-0.25, -0.2) is 9.59 Å². The number of methoxy groups -OCH3 is 2. The number of benzene rings is 1. The van der Waals surface area contributed by atoms with E-state index in [0.717, 1.165) is 22.5 Å². The number of hydrogen-bond donors (Lipinski definition) is 4. The molecule has 1 saturated carbocycles. The lowest BCUT2D eigenvalue weighted by molar-refractivity contribution is -0.162. The quantitative estimate of drug-likeness (QED) is 0.161. The number of fused-ring (bicyclic) bond motifs is 5. The zero-order chi connectivity index (χ0) is 40.2. The number of nitrogens with two attached hydrogens (primary N) is 2. The molecule has 0 aromatic heterocycles. The SMILES string of the molecule is COc1cc2cc(c1Cl)N(C)C(=O)C[C@H](OC(=O)[C@H](N)N(C)C(=O)CCCC1CCCC1)[C@]1(N)O[C@H]1[C@H](C)[C@@H]1C[C@@](O)(NC(=O)O1)[C@H](OC)/C=C/C=C(\C)C2. The Hall–Kier alpha value is -3.73. The van der Waals surface area contributed by atoms with Gasteiger partial charge < -0.3 is 44.3 Å². The lowest BCUT2D eigenvalue weighted by Gasteiger charge is -2.42. The van der Waals surface area contributed by atoms with Crippen LogP contribution >= 0.6 is 11.6 Å². The summed E-state index contributed by atoms with van der Waals surface area (Å²) in [4.78, 5) is 56.1. The molecule has 1 aromatic carbocycles. The zero-order valence-electron chi connectivity index (χ0n) is 32.5. The van der Waals surface area contributed by atoms with Gasteiger partial charge in [-0.15, -0.1) is 0 Å².